The lowest BCUT2D eigenvalue weighted by Crippen LogP contribution is -2.25. The van der Waals surface area contributed by atoms with Crippen LogP contribution in [0.5, 0.6) is 5.75 Å². The Kier molecular flexibility index (Phi) is 3.73. The first-order chi connectivity index (χ1) is 10.8. The van der Waals surface area contributed by atoms with Crippen LogP contribution in [-0.4, -0.2) is 20.9 Å². The van der Waals surface area contributed by atoms with Crippen LogP contribution in [0.3, 0.4) is 0 Å². The highest BCUT2D eigenvalue weighted by Gasteiger charge is 2.20. The summed E-state index contributed by atoms with van der Waals surface area (Å²) in [5.74, 6) is 0.242. The number of hydrogen-bond donors (Lipinski definition) is 2. The predicted molar refractivity (Wildman–Crippen MR) is 87.3 cm³/mol. The number of ether oxygens (including phenoxy) is 1. The van der Waals surface area contributed by atoms with E-state index in [4.69, 9.17) is 4.74 Å². The van der Waals surface area contributed by atoms with Gasteiger partial charge in [0.25, 0.3) is 15.9 Å². The van der Waals surface area contributed by atoms with E-state index in [1.165, 1.54) is 6.07 Å². The van der Waals surface area contributed by atoms with E-state index in [1.807, 2.05) is 13.0 Å². The summed E-state index contributed by atoms with van der Waals surface area (Å²) in [5, 5.41) is 2.65. The van der Waals surface area contributed by atoms with E-state index in [0.29, 0.717) is 22.7 Å². The minimum atomic E-state index is -3.70. The number of carbonyl (C=O) groups is 1. The summed E-state index contributed by atoms with van der Waals surface area (Å²) in [7, 11) is -3.70. The number of anilines is 2. The Balaban J connectivity index is 1.92. The molecular formula is C16H16N2O4S. The minimum Gasteiger partial charge on any atom is -0.482 e. The third-order valence-corrected chi connectivity index (χ3v) is 5.03. The van der Waals surface area contributed by atoms with Gasteiger partial charge in [-0.15, -0.1) is 0 Å². The lowest BCUT2D eigenvalue weighted by atomic mass is 10.2. The maximum atomic E-state index is 12.5. The van der Waals surface area contributed by atoms with Gasteiger partial charge in [0.2, 0.25) is 0 Å². The quantitative estimate of drug-likeness (QED) is 0.904. The minimum absolute atomic E-state index is 0.0410. The summed E-state index contributed by atoms with van der Waals surface area (Å²) < 4.78 is 32.8. The number of aryl methyl sites for hydroxylation is 2. The number of rotatable bonds is 3. The Morgan fingerprint density at radius 1 is 1.13 bits per heavy atom. The van der Waals surface area contributed by atoms with Gasteiger partial charge in [-0.2, -0.15) is 0 Å². The summed E-state index contributed by atoms with van der Waals surface area (Å²) in [6.07, 6.45) is 0. The van der Waals surface area contributed by atoms with Gasteiger partial charge < -0.3 is 10.1 Å². The molecule has 1 heterocycles. The molecule has 1 amide bonds. The number of sulfonamides is 1. The van der Waals surface area contributed by atoms with E-state index < -0.39 is 10.0 Å². The van der Waals surface area contributed by atoms with Crippen LogP contribution in [-0.2, 0) is 14.8 Å². The number of amides is 1. The molecule has 23 heavy (non-hydrogen) atoms. The van der Waals surface area contributed by atoms with Gasteiger partial charge in [-0.1, -0.05) is 17.7 Å². The first-order valence-electron chi connectivity index (χ1n) is 7.02. The number of benzene rings is 2. The lowest BCUT2D eigenvalue weighted by Gasteiger charge is -2.19. The number of fused-ring (bicyclic) bond motifs is 1. The molecule has 2 aromatic carbocycles. The zero-order valence-corrected chi connectivity index (χ0v) is 13.5. The summed E-state index contributed by atoms with van der Waals surface area (Å²) in [6.45, 7) is 3.62. The molecule has 2 N–H and O–H groups in total. The Bertz CT molecular complexity index is 891. The molecule has 0 fully saturated rings. The summed E-state index contributed by atoms with van der Waals surface area (Å²) >= 11 is 0. The average Bonchev–Trinajstić information content (AvgIpc) is 2.45. The molecule has 3 rings (SSSR count). The molecule has 0 aromatic heterocycles. The van der Waals surface area contributed by atoms with Crippen LogP contribution in [0.4, 0.5) is 11.4 Å². The molecule has 120 valence electrons. The van der Waals surface area contributed by atoms with Crippen molar-refractivity contribution in [1.82, 2.24) is 0 Å². The molecule has 0 unspecified atom stereocenters. The smallest absolute Gasteiger partial charge is 0.262 e. The van der Waals surface area contributed by atoms with Crippen molar-refractivity contribution in [3.8, 4) is 5.75 Å². The fraction of sp³-hybridized carbons (Fsp3) is 0.188. The molecular weight excluding hydrogens is 316 g/mol. The Morgan fingerprint density at radius 3 is 2.65 bits per heavy atom. The van der Waals surface area contributed by atoms with Crippen molar-refractivity contribution in [2.45, 2.75) is 18.7 Å². The van der Waals surface area contributed by atoms with Gasteiger partial charge in [0.1, 0.15) is 5.75 Å². The third kappa shape index (κ3) is 3.14. The fourth-order valence-electron chi connectivity index (χ4n) is 2.46. The average molecular weight is 332 g/mol. The largest absolute Gasteiger partial charge is 0.482 e. The van der Waals surface area contributed by atoms with Gasteiger partial charge in [-0.3, -0.25) is 9.52 Å². The van der Waals surface area contributed by atoms with Gasteiger partial charge in [0.05, 0.1) is 16.3 Å². The van der Waals surface area contributed by atoms with Crippen molar-refractivity contribution in [1.29, 1.82) is 0 Å². The van der Waals surface area contributed by atoms with Crippen molar-refractivity contribution in [2.75, 3.05) is 16.6 Å². The molecule has 0 radical (unpaired) electrons. The van der Waals surface area contributed by atoms with Gasteiger partial charge in [-0.05, 0) is 43.7 Å². The van der Waals surface area contributed by atoms with E-state index in [9.17, 15) is 13.2 Å². The lowest BCUT2D eigenvalue weighted by molar-refractivity contribution is -0.118. The Morgan fingerprint density at radius 2 is 1.91 bits per heavy atom. The molecule has 1 aliphatic heterocycles. The van der Waals surface area contributed by atoms with Crippen molar-refractivity contribution in [2.24, 2.45) is 0 Å². The highest BCUT2D eigenvalue weighted by molar-refractivity contribution is 7.92. The van der Waals surface area contributed by atoms with Crippen LogP contribution in [0, 0.1) is 13.8 Å². The first kappa shape index (κ1) is 15.4. The third-order valence-electron chi connectivity index (χ3n) is 3.48. The molecule has 0 atom stereocenters. The zero-order valence-electron chi connectivity index (χ0n) is 12.7. The number of nitrogens with one attached hydrogen (secondary N) is 2. The molecule has 7 heteroatoms. The Labute approximate surface area is 134 Å². The van der Waals surface area contributed by atoms with E-state index >= 15 is 0 Å². The van der Waals surface area contributed by atoms with E-state index in [2.05, 4.69) is 10.0 Å². The van der Waals surface area contributed by atoms with Crippen LogP contribution in [0.25, 0.3) is 0 Å². The molecule has 6 nitrogen and oxygen atoms in total. The summed E-state index contributed by atoms with van der Waals surface area (Å²) in [4.78, 5) is 11.6. The van der Waals surface area contributed by atoms with Gasteiger partial charge >= 0.3 is 0 Å². The molecule has 0 bridgehead atoms. The van der Waals surface area contributed by atoms with Crippen LogP contribution in [0.2, 0.25) is 0 Å². The SMILES string of the molecule is Cc1ccc(S(=O)(=O)Nc2ccc3c(c2)NC(=O)CO3)c(C)c1. The van der Waals surface area contributed by atoms with E-state index in [-0.39, 0.29) is 17.4 Å². The van der Waals surface area contributed by atoms with E-state index in [1.54, 1.807) is 31.2 Å². The second-order valence-corrected chi connectivity index (χ2v) is 7.07. The molecule has 0 spiro atoms. The van der Waals surface area contributed by atoms with Crippen molar-refractivity contribution < 1.29 is 17.9 Å². The maximum absolute atomic E-state index is 12.5. The Hall–Kier alpha value is -2.54. The summed E-state index contributed by atoms with van der Waals surface area (Å²) in [5.41, 5.74) is 2.47. The molecule has 0 saturated heterocycles. The number of carbonyl (C=O) groups excluding carboxylic acids is 1. The highest BCUT2D eigenvalue weighted by Crippen LogP contribution is 2.31. The molecule has 2 aromatic rings. The second kappa shape index (κ2) is 5.58. The topological polar surface area (TPSA) is 84.5 Å². The van der Waals surface area contributed by atoms with Crippen molar-refractivity contribution in [3.63, 3.8) is 0 Å². The normalized spacial score (nSPS) is 13.7. The van der Waals surface area contributed by atoms with Gasteiger partial charge in [-0.25, -0.2) is 8.42 Å². The van der Waals surface area contributed by atoms with Crippen LogP contribution < -0.4 is 14.8 Å². The van der Waals surface area contributed by atoms with Crippen LogP contribution in [0.15, 0.2) is 41.3 Å². The molecule has 0 saturated carbocycles. The van der Waals surface area contributed by atoms with Crippen molar-refractivity contribution >= 4 is 27.3 Å². The molecule has 0 aliphatic carbocycles. The van der Waals surface area contributed by atoms with Crippen LogP contribution >= 0.6 is 0 Å². The van der Waals surface area contributed by atoms with E-state index in [0.717, 1.165) is 5.56 Å². The summed E-state index contributed by atoms with van der Waals surface area (Å²) in [6, 6.07) is 9.90. The standard InChI is InChI=1S/C16H16N2O4S/c1-10-3-6-15(11(2)7-10)23(20,21)18-12-4-5-14-13(8-12)17-16(19)9-22-14/h3-8,18H,9H2,1-2H3,(H,17,19). The monoisotopic (exact) mass is 332 g/mol. The zero-order chi connectivity index (χ0) is 16.6. The number of hydrogen-bond acceptors (Lipinski definition) is 4. The maximum Gasteiger partial charge on any atom is 0.262 e. The predicted octanol–water partition coefficient (Wildman–Crippen LogP) is 2.44. The first-order valence-corrected chi connectivity index (χ1v) is 8.50. The highest BCUT2D eigenvalue weighted by atomic mass is 32.2. The fourth-order valence-corrected chi connectivity index (χ4v) is 3.73. The van der Waals surface area contributed by atoms with Gasteiger partial charge in [0.15, 0.2) is 6.61 Å². The molecule has 1 aliphatic rings. The second-order valence-electron chi connectivity index (χ2n) is 5.42. The van der Waals surface area contributed by atoms with Crippen LogP contribution in [0.1, 0.15) is 11.1 Å². The van der Waals surface area contributed by atoms with Crippen molar-refractivity contribution in [3.05, 3.63) is 47.5 Å². The van der Waals surface area contributed by atoms with Gasteiger partial charge in [0, 0.05) is 0 Å².